The number of hydrogen-bond donors (Lipinski definition) is 2. The van der Waals surface area contributed by atoms with Crippen LogP contribution in [0, 0.1) is 0 Å². The Balaban J connectivity index is 2.71. The topological polar surface area (TPSA) is 49.7 Å². The lowest BCUT2D eigenvalue weighted by Gasteiger charge is -2.12. The van der Waals surface area contributed by atoms with E-state index in [4.69, 9.17) is 21.4 Å². The summed E-state index contributed by atoms with van der Waals surface area (Å²) in [5.41, 5.74) is 0.960. The molecule has 0 saturated heterocycles. The lowest BCUT2D eigenvalue weighted by atomic mass is 10.1. The summed E-state index contributed by atoms with van der Waals surface area (Å²) in [6.07, 6.45) is 0.447. The molecule has 90 valence electrons. The molecule has 0 radical (unpaired) electrons. The Morgan fingerprint density at radius 3 is 2.81 bits per heavy atom. The van der Waals surface area contributed by atoms with Crippen molar-refractivity contribution < 1.29 is 14.9 Å². The standard InChI is InChI=1S/C12H17ClO3/c1-2-16-12-6-4-10(13)7-9(12)3-5-11(15)8-14/h4,6-7,11,14-15H,2-3,5,8H2,1H3. The number of benzene rings is 1. The van der Waals surface area contributed by atoms with Gasteiger partial charge in [0.25, 0.3) is 0 Å². The number of rotatable bonds is 6. The van der Waals surface area contributed by atoms with Crippen molar-refractivity contribution in [3.05, 3.63) is 28.8 Å². The molecule has 0 aliphatic rings. The van der Waals surface area contributed by atoms with E-state index < -0.39 is 6.10 Å². The highest BCUT2D eigenvalue weighted by molar-refractivity contribution is 6.30. The Morgan fingerprint density at radius 1 is 1.44 bits per heavy atom. The smallest absolute Gasteiger partial charge is 0.122 e. The molecule has 1 rings (SSSR count). The van der Waals surface area contributed by atoms with E-state index >= 15 is 0 Å². The number of halogens is 1. The minimum absolute atomic E-state index is 0.218. The molecule has 0 fully saturated rings. The van der Waals surface area contributed by atoms with Gasteiger partial charge >= 0.3 is 0 Å². The van der Waals surface area contributed by atoms with Crippen LogP contribution in [0.5, 0.6) is 5.75 Å². The highest BCUT2D eigenvalue weighted by Crippen LogP contribution is 2.24. The third-order valence-electron chi connectivity index (χ3n) is 2.28. The van der Waals surface area contributed by atoms with Gasteiger partial charge in [-0.25, -0.2) is 0 Å². The lowest BCUT2D eigenvalue weighted by Crippen LogP contribution is -2.13. The minimum atomic E-state index is -0.687. The molecule has 2 N–H and O–H groups in total. The predicted octanol–water partition coefficient (Wildman–Crippen LogP) is 2.02. The van der Waals surface area contributed by atoms with Crippen molar-refractivity contribution in [2.24, 2.45) is 0 Å². The van der Waals surface area contributed by atoms with Gasteiger partial charge in [0.05, 0.1) is 19.3 Å². The molecule has 0 bridgehead atoms. The van der Waals surface area contributed by atoms with Gasteiger partial charge in [0.15, 0.2) is 0 Å². The number of hydrogen-bond acceptors (Lipinski definition) is 3. The molecule has 16 heavy (non-hydrogen) atoms. The van der Waals surface area contributed by atoms with Crippen LogP contribution in [0.25, 0.3) is 0 Å². The second-order valence-electron chi connectivity index (χ2n) is 3.56. The fourth-order valence-electron chi connectivity index (χ4n) is 1.45. The van der Waals surface area contributed by atoms with Crippen LogP contribution in [0.1, 0.15) is 18.9 Å². The lowest BCUT2D eigenvalue weighted by molar-refractivity contribution is 0.0884. The van der Waals surface area contributed by atoms with Crippen molar-refractivity contribution in [2.45, 2.75) is 25.9 Å². The molecule has 1 atom stereocenters. The summed E-state index contributed by atoms with van der Waals surface area (Å²) in [5, 5.41) is 18.7. The third kappa shape index (κ3) is 4.00. The van der Waals surface area contributed by atoms with Crippen molar-refractivity contribution in [2.75, 3.05) is 13.2 Å². The van der Waals surface area contributed by atoms with Crippen LogP contribution in [0.15, 0.2) is 18.2 Å². The van der Waals surface area contributed by atoms with Crippen LogP contribution >= 0.6 is 11.6 Å². The van der Waals surface area contributed by atoms with Crippen LogP contribution in [0.2, 0.25) is 5.02 Å². The second-order valence-corrected chi connectivity index (χ2v) is 4.00. The second kappa shape index (κ2) is 6.74. The molecular weight excluding hydrogens is 228 g/mol. The fourth-order valence-corrected chi connectivity index (χ4v) is 1.65. The molecule has 1 aromatic rings. The van der Waals surface area contributed by atoms with Crippen molar-refractivity contribution in [1.29, 1.82) is 0 Å². The zero-order valence-corrected chi connectivity index (χ0v) is 10.1. The average Bonchev–Trinajstić information content (AvgIpc) is 2.29. The third-order valence-corrected chi connectivity index (χ3v) is 2.52. The maximum atomic E-state index is 9.29. The van der Waals surface area contributed by atoms with Gasteiger partial charge in [-0.3, -0.25) is 0 Å². The first-order valence-electron chi connectivity index (χ1n) is 5.37. The van der Waals surface area contributed by atoms with Crippen LogP contribution in [-0.4, -0.2) is 29.5 Å². The van der Waals surface area contributed by atoms with E-state index in [1.165, 1.54) is 0 Å². The molecule has 3 nitrogen and oxygen atoms in total. The normalized spacial score (nSPS) is 12.5. The number of ether oxygens (including phenoxy) is 1. The largest absolute Gasteiger partial charge is 0.494 e. The number of aliphatic hydroxyl groups excluding tert-OH is 2. The quantitative estimate of drug-likeness (QED) is 0.805. The SMILES string of the molecule is CCOc1ccc(Cl)cc1CCC(O)CO. The first-order valence-corrected chi connectivity index (χ1v) is 5.75. The molecule has 1 unspecified atom stereocenters. The van der Waals surface area contributed by atoms with Gasteiger partial charge in [-0.2, -0.15) is 0 Å². The minimum Gasteiger partial charge on any atom is -0.494 e. The van der Waals surface area contributed by atoms with Crippen LogP contribution < -0.4 is 4.74 Å². The average molecular weight is 245 g/mol. The molecule has 0 spiro atoms. The summed E-state index contributed by atoms with van der Waals surface area (Å²) in [6, 6.07) is 5.43. The van der Waals surface area contributed by atoms with Crippen LogP contribution in [0.3, 0.4) is 0 Å². The highest BCUT2D eigenvalue weighted by atomic mass is 35.5. The molecule has 0 saturated carbocycles. The maximum absolute atomic E-state index is 9.29. The van der Waals surface area contributed by atoms with Crippen molar-refractivity contribution in [3.63, 3.8) is 0 Å². The Labute approximate surface area is 101 Å². The summed E-state index contributed by atoms with van der Waals surface area (Å²) in [7, 11) is 0. The molecule has 0 aliphatic carbocycles. The van der Waals surface area contributed by atoms with Crippen molar-refractivity contribution >= 4 is 11.6 Å². The first-order chi connectivity index (χ1) is 7.67. The van der Waals surface area contributed by atoms with Crippen molar-refractivity contribution in [1.82, 2.24) is 0 Å². The molecular formula is C12H17ClO3. The number of aliphatic hydroxyl groups is 2. The summed E-state index contributed by atoms with van der Waals surface area (Å²) in [4.78, 5) is 0. The Bertz CT molecular complexity index is 328. The van der Waals surface area contributed by atoms with Gasteiger partial charge in [0.2, 0.25) is 0 Å². The first kappa shape index (κ1) is 13.3. The van der Waals surface area contributed by atoms with Gasteiger partial charge in [0.1, 0.15) is 5.75 Å². The summed E-state index contributed by atoms with van der Waals surface area (Å²) < 4.78 is 5.46. The zero-order valence-electron chi connectivity index (χ0n) is 9.32. The summed E-state index contributed by atoms with van der Waals surface area (Å²) in [6.45, 7) is 2.29. The summed E-state index contributed by atoms with van der Waals surface area (Å²) in [5.74, 6) is 0.789. The Kier molecular flexibility index (Phi) is 5.60. The molecule has 0 aromatic heterocycles. The van der Waals surface area contributed by atoms with E-state index in [1.54, 1.807) is 6.07 Å². The van der Waals surface area contributed by atoms with Gasteiger partial charge in [-0.15, -0.1) is 0 Å². The van der Waals surface area contributed by atoms with Gasteiger partial charge in [-0.1, -0.05) is 11.6 Å². The molecule has 0 aliphatic heterocycles. The maximum Gasteiger partial charge on any atom is 0.122 e. The number of aryl methyl sites for hydroxylation is 1. The van der Waals surface area contributed by atoms with E-state index in [1.807, 2.05) is 19.1 Å². The van der Waals surface area contributed by atoms with E-state index in [9.17, 15) is 5.11 Å². The molecule has 0 heterocycles. The molecule has 0 amide bonds. The van der Waals surface area contributed by atoms with E-state index in [2.05, 4.69) is 0 Å². The van der Waals surface area contributed by atoms with Gasteiger partial charge < -0.3 is 14.9 Å². The fraction of sp³-hybridized carbons (Fsp3) is 0.500. The molecule has 1 aromatic carbocycles. The van der Waals surface area contributed by atoms with Gasteiger partial charge in [-0.05, 0) is 43.5 Å². The van der Waals surface area contributed by atoms with E-state index in [-0.39, 0.29) is 6.61 Å². The van der Waals surface area contributed by atoms with E-state index in [0.717, 1.165) is 11.3 Å². The summed E-state index contributed by atoms with van der Waals surface area (Å²) >= 11 is 5.90. The van der Waals surface area contributed by atoms with Gasteiger partial charge in [0, 0.05) is 5.02 Å². The van der Waals surface area contributed by atoms with E-state index in [0.29, 0.717) is 24.5 Å². The monoisotopic (exact) mass is 244 g/mol. The zero-order chi connectivity index (χ0) is 12.0. The Hall–Kier alpha value is -0.770. The van der Waals surface area contributed by atoms with Crippen molar-refractivity contribution in [3.8, 4) is 5.75 Å². The van der Waals surface area contributed by atoms with Crippen LogP contribution in [0.4, 0.5) is 0 Å². The predicted molar refractivity (Wildman–Crippen MR) is 64.0 cm³/mol. The Morgan fingerprint density at radius 2 is 2.19 bits per heavy atom. The highest BCUT2D eigenvalue weighted by Gasteiger charge is 2.08. The van der Waals surface area contributed by atoms with Crippen LogP contribution in [-0.2, 0) is 6.42 Å². The molecule has 4 heteroatoms.